The molecule has 2 N–H and O–H groups in total. The van der Waals surface area contributed by atoms with E-state index in [0.29, 0.717) is 16.1 Å². The van der Waals surface area contributed by atoms with Crippen molar-refractivity contribution in [2.75, 3.05) is 5.73 Å². The minimum absolute atomic E-state index is 0.0371. The Kier molecular flexibility index (Phi) is 1.96. The fourth-order valence-corrected chi connectivity index (χ4v) is 2.22. The van der Waals surface area contributed by atoms with Crippen molar-refractivity contribution in [2.45, 2.75) is 13.8 Å². The fourth-order valence-electron chi connectivity index (χ4n) is 1.23. The summed E-state index contributed by atoms with van der Waals surface area (Å²) in [6.45, 7) is 3.35. The van der Waals surface area contributed by atoms with E-state index in [0.717, 1.165) is 10.5 Å². The zero-order valence-corrected chi connectivity index (χ0v) is 8.68. The molecule has 5 heteroatoms. The Morgan fingerprint density at radius 1 is 1.57 bits per heavy atom. The van der Waals surface area contributed by atoms with Crippen molar-refractivity contribution in [1.82, 2.24) is 9.97 Å². The molecular weight excluding hydrogens is 198 g/mol. The Bertz CT molecular complexity index is 518. The van der Waals surface area contributed by atoms with Crippen LogP contribution < -0.4 is 5.73 Å². The molecule has 2 aromatic heterocycles. The molecule has 0 bridgehead atoms. The van der Waals surface area contributed by atoms with Gasteiger partial charge in [0.25, 0.3) is 0 Å². The summed E-state index contributed by atoms with van der Waals surface area (Å²) in [6.07, 6.45) is 1.65. The van der Waals surface area contributed by atoms with E-state index in [4.69, 9.17) is 5.73 Å². The number of aryl methyl sites for hydroxylation is 1. The highest BCUT2D eigenvalue weighted by molar-refractivity contribution is 7.21. The van der Waals surface area contributed by atoms with Crippen molar-refractivity contribution in [2.24, 2.45) is 0 Å². The number of fused-ring (bicyclic) bond motifs is 1. The van der Waals surface area contributed by atoms with E-state index in [2.05, 4.69) is 9.97 Å². The van der Waals surface area contributed by atoms with Crippen molar-refractivity contribution in [3.8, 4) is 0 Å². The number of rotatable bonds is 1. The third kappa shape index (κ3) is 1.26. The van der Waals surface area contributed by atoms with Gasteiger partial charge >= 0.3 is 0 Å². The average molecular weight is 207 g/mol. The van der Waals surface area contributed by atoms with Crippen molar-refractivity contribution in [3.63, 3.8) is 0 Å². The lowest BCUT2D eigenvalue weighted by Gasteiger charge is -1.92. The third-order valence-electron chi connectivity index (χ3n) is 1.88. The van der Waals surface area contributed by atoms with Gasteiger partial charge in [-0.3, -0.25) is 4.79 Å². The van der Waals surface area contributed by atoms with Crippen molar-refractivity contribution < 1.29 is 4.79 Å². The summed E-state index contributed by atoms with van der Waals surface area (Å²) in [4.78, 5) is 20.9. The van der Waals surface area contributed by atoms with Crippen LogP contribution in [0.1, 0.15) is 22.3 Å². The van der Waals surface area contributed by atoms with Gasteiger partial charge in [0, 0.05) is 13.1 Å². The van der Waals surface area contributed by atoms with E-state index in [1.807, 2.05) is 6.92 Å². The summed E-state index contributed by atoms with van der Waals surface area (Å²) >= 11 is 1.30. The maximum absolute atomic E-state index is 11.2. The highest BCUT2D eigenvalue weighted by atomic mass is 32.1. The number of hydrogen-bond acceptors (Lipinski definition) is 5. The molecule has 2 aromatic rings. The molecule has 72 valence electrons. The van der Waals surface area contributed by atoms with Gasteiger partial charge in [-0.1, -0.05) is 0 Å². The van der Waals surface area contributed by atoms with E-state index >= 15 is 0 Å². The van der Waals surface area contributed by atoms with Gasteiger partial charge in [-0.15, -0.1) is 11.3 Å². The SMILES string of the molecule is CC(=O)c1sc2nc(C)cnc2c1N. The van der Waals surface area contributed by atoms with Crippen molar-refractivity contribution in [1.29, 1.82) is 0 Å². The number of thiophene rings is 1. The molecule has 2 heterocycles. The predicted octanol–water partition coefficient (Wildman–Crippen LogP) is 1.78. The molecule has 0 atom stereocenters. The summed E-state index contributed by atoms with van der Waals surface area (Å²) in [7, 11) is 0. The maximum Gasteiger partial charge on any atom is 0.171 e. The standard InChI is InChI=1S/C9H9N3OS/c1-4-3-11-7-6(10)8(5(2)13)14-9(7)12-4/h3H,10H2,1-2H3. The Morgan fingerprint density at radius 2 is 2.29 bits per heavy atom. The molecule has 2 rings (SSSR count). The van der Waals surface area contributed by atoms with Crippen LogP contribution >= 0.6 is 11.3 Å². The number of nitrogens with two attached hydrogens (primary N) is 1. The molecule has 0 saturated carbocycles. The van der Waals surface area contributed by atoms with Crippen LogP contribution in [-0.4, -0.2) is 15.8 Å². The summed E-state index contributed by atoms with van der Waals surface area (Å²) in [5.41, 5.74) is 7.68. The van der Waals surface area contributed by atoms with Crippen LogP contribution in [0.25, 0.3) is 10.3 Å². The smallest absolute Gasteiger partial charge is 0.171 e. The number of ketones is 1. The summed E-state index contributed by atoms with van der Waals surface area (Å²) in [6, 6.07) is 0. The van der Waals surface area contributed by atoms with Crippen LogP contribution in [0, 0.1) is 6.92 Å². The highest BCUT2D eigenvalue weighted by Crippen LogP contribution is 2.30. The molecule has 0 aliphatic carbocycles. The number of nitrogen functional groups attached to an aromatic ring is 1. The minimum atomic E-state index is -0.0371. The van der Waals surface area contributed by atoms with Gasteiger partial charge in [-0.05, 0) is 6.92 Å². The Labute approximate surface area is 84.8 Å². The Hall–Kier alpha value is -1.49. The first-order valence-electron chi connectivity index (χ1n) is 4.12. The summed E-state index contributed by atoms with van der Waals surface area (Å²) in [5.74, 6) is -0.0371. The Balaban J connectivity index is 2.79. The van der Waals surface area contributed by atoms with Crippen LogP contribution in [-0.2, 0) is 0 Å². The fraction of sp³-hybridized carbons (Fsp3) is 0.222. The quantitative estimate of drug-likeness (QED) is 0.724. The van der Waals surface area contributed by atoms with Crippen molar-refractivity contribution >= 4 is 33.2 Å². The van der Waals surface area contributed by atoms with E-state index in [-0.39, 0.29) is 5.78 Å². The highest BCUT2D eigenvalue weighted by Gasteiger charge is 2.14. The molecular formula is C9H9N3OS. The van der Waals surface area contributed by atoms with E-state index in [1.165, 1.54) is 18.3 Å². The summed E-state index contributed by atoms with van der Waals surface area (Å²) < 4.78 is 0. The molecule has 0 aromatic carbocycles. The first-order valence-corrected chi connectivity index (χ1v) is 4.94. The zero-order valence-electron chi connectivity index (χ0n) is 7.87. The summed E-state index contributed by atoms with van der Waals surface area (Å²) in [5, 5.41) is 0. The van der Waals surface area contributed by atoms with Gasteiger partial charge in [0.15, 0.2) is 5.78 Å². The molecule has 0 unspecified atom stereocenters. The van der Waals surface area contributed by atoms with Crippen LogP contribution in [0.5, 0.6) is 0 Å². The number of carbonyl (C=O) groups excluding carboxylic acids is 1. The monoisotopic (exact) mass is 207 g/mol. The normalized spacial score (nSPS) is 10.7. The lowest BCUT2D eigenvalue weighted by atomic mass is 10.3. The number of aromatic nitrogens is 2. The van der Waals surface area contributed by atoms with Gasteiger partial charge in [0.2, 0.25) is 0 Å². The number of nitrogens with zero attached hydrogens (tertiary/aromatic N) is 2. The average Bonchev–Trinajstić information content (AvgIpc) is 2.43. The second-order valence-electron chi connectivity index (χ2n) is 3.07. The van der Waals surface area contributed by atoms with Crippen LogP contribution in [0.4, 0.5) is 5.69 Å². The van der Waals surface area contributed by atoms with Crippen molar-refractivity contribution in [3.05, 3.63) is 16.8 Å². The van der Waals surface area contributed by atoms with Crippen LogP contribution in [0.15, 0.2) is 6.20 Å². The lowest BCUT2D eigenvalue weighted by Crippen LogP contribution is -1.94. The lowest BCUT2D eigenvalue weighted by molar-refractivity contribution is 0.102. The van der Waals surface area contributed by atoms with E-state index < -0.39 is 0 Å². The predicted molar refractivity (Wildman–Crippen MR) is 56.6 cm³/mol. The minimum Gasteiger partial charge on any atom is -0.396 e. The molecule has 0 aliphatic rings. The first kappa shape index (κ1) is 9.08. The molecule has 0 amide bonds. The molecule has 0 aliphatic heterocycles. The van der Waals surface area contributed by atoms with Gasteiger partial charge < -0.3 is 5.73 Å². The largest absolute Gasteiger partial charge is 0.396 e. The number of hydrogen-bond donors (Lipinski definition) is 1. The first-order chi connectivity index (χ1) is 6.59. The molecule has 0 spiro atoms. The number of carbonyl (C=O) groups is 1. The number of anilines is 1. The third-order valence-corrected chi connectivity index (χ3v) is 3.07. The topological polar surface area (TPSA) is 68.9 Å². The van der Waals surface area contributed by atoms with Gasteiger partial charge in [-0.2, -0.15) is 0 Å². The van der Waals surface area contributed by atoms with E-state index in [9.17, 15) is 4.79 Å². The second-order valence-corrected chi connectivity index (χ2v) is 4.07. The molecule has 0 saturated heterocycles. The van der Waals surface area contributed by atoms with Gasteiger partial charge in [-0.25, -0.2) is 9.97 Å². The maximum atomic E-state index is 11.2. The van der Waals surface area contributed by atoms with Crippen LogP contribution in [0.2, 0.25) is 0 Å². The molecule has 0 radical (unpaired) electrons. The van der Waals surface area contributed by atoms with E-state index in [1.54, 1.807) is 6.20 Å². The molecule has 14 heavy (non-hydrogen) atoms. The molecule has 4 nitrogen and oxygen atoms in total. The van der Waals surface area contributed by atoms with Gasteiger partial charge in [0.05, 0.1) is 16.3 Å². The van der Waals surface area contributed by atoms with Crippen LogP contribution in [0.3, 0.4) is 0 Å². The molecule has 0 fully saturated rings. The number of Topliss-reactive ketones (excluding diaryl/α,β-unsaturated/α-hetero) is 1. The Morgan fingerprint density at radius 3 is 2.93 bits per heavy atom. The zero-order chi connectivity index (χ0) is 10.3. The van der Waals surface area contributed by atoms with Gasteiger partial charge in [0.1, 0.15) is 10.3 Å². The second kappa shape index (κ2) is 3.02.